The SMILES string of the molecule is COCCN(Cc1cccn1Cc1cccc(C(F)(F)F)c1)C(=O)c1ccc(C)cc1. The Balaban J connectivity index is 1.80. The number of hydrogen-bond acceptors (Lipinski definition) is 2. The largest absolute Gasteiger partial charge is 0.416 e. The molecule has 3 rings (SSSR count). The Hall–Kier alpha value is -3.06. The second-order valence-corrected chi connectivity index (χ2v) is 7.41. The lowest BCUT2D eigenvalue weighted by Crippen LogP contribution is -2.34. The fourth-order valence-corrected chi connectivity index (χ4v) is 3.32. The summed E-state index contributed by atoms with van der Waals surface area (Å²) in [6, 6.07) is 16.3. The highest BCUT2D eigenvalue weighted by Crippen LogP contribution is 2.29. The van der Waals surface area contributed by atoms with Gasteiger partial charge in [0.2, 0.25) is 0 Å². The molecule has 1 amide bonds. The van der Waals surface area contributed by atoms with Gasteiger partial charge >= 0.3 is 6.18 Å². The van der Waals surface area contributed by atoms with E-state index in [2.05, 4.69) is 0 Å². The van der Waals surface area contributed by atoms with Crippen molar-refractivity contribution in [3.8, 4) is 0 Å². The molecular weight excluding hydrogens is 405 g/mol. The fraction of sp³-hybridized carbons (Fsp3) is 0.292. The Morgan fingerprint density at radius 3 is 2.48 bits per heavy atom. The van der Waals surface area contributed by atoms with Crippen LogP contribution in [0.5, 0.6) is 0 Å². The van der Waals surface area contributed by atoms with Crippen LogP contribution >= 0.6 is 0 Å². The summed E-state index contributed by atoms with van der Waals surface area (Å²) in [6.45, 7) is 3.34. The highest BCUT2D eigenvalue weighted by molar-refractivity contribution is 5.94. The van der Waals surface area contributed by atoms with Gasteiger partial charge < -0.3 is 14.2 Å². The standard InChI is InChI=1S/C24H25F3N2O2/c1-18-8-10-20(11-9-18)23(30)29(13-14-31-2)17-22-7-4-12-28(22)16-19-5-3-6-21(15-19)24(25,26)27/h3-12,15H,13-14,16-17H2,1-2H3. The smallest absolute Gasteiger partial charge is 0.383 e. The summed E-state index contributed by atoms with van der Waals surface area (Å²) in [6.07, 6.45) is -2.58. The second kappa shape index (κ2) is 9.83. The lowest BCUT2D eigenvalue weighted by molar-refractivity contribution is -0.137. The maximum Gasteiger partial charge on any atom is 0.416 e. The summed E-state index contributed by atoms with van der Waals surface area (Å²) < 4.78 is 46.1. The van der Waals surface area contributed by atoms with Gasteiger partial charge in [0.1, 0.15) is 0 Å². The molecule has 1 aromatic heterocycles. The summed E-state index contributed by atoms with van der Waals surface area (Å²) in [7, 11) is 1.57. The lowest BCUT2D eigenvalue weighted by atomic mass is 10.1. The minimum atomic E-state index is -4.38. The van der Waals surface area contributed by atoms with E-state index in [0.717, 1.165) is 23.4 Å². The number of aromatic nitrogens is 1. The average Bonchev–Trinajstić information content (AvgIpc) is 3.17. The van der Waals surface area contributed by atoms with Crippen LogP contribution in [0, 0.1) is 6.92 Å². The number of carbonyl (C=O) groups excluding carboxylic acids is 1. The summed E-state index contributed by atoms with van der Waals surface area (Å²) >= 11 is 0. The first-order valence-corrected chi connectivity index (χ1v) is 9.93. The molecule has 31 heavy (non-hydrogen) atoms. The van der Waals surface area contributed by atoms with Crippen molar-refractivity contribution in [2.45, 2.75) is 26.2 Å². The van der Waals surface area contributed by atoms with E-state index in [1.54, 1.807) is 36.4 Å². The molecule has 4 nitrogen and oxygen atoms in total. The number of amides is 1. The Kier molecular flexibility index (Phi) is 7.17. The minimum Gasteiger partial charge on any atom is -0.383 e. The molecule has 0 N–H and O–H groups in total. The highest BCUT2D eigenvalue weighted by atomic mass is 19.4. The van der Waals surface area contributed by atoms with Gasteiger partial charge in [-0.15, -0.1) is 0 Å². The molecule has 0 unspecified atom stereocenters. The normalized spacial score (nSPS) is 11.5. The van der Waals surface area contributed by atoms with E-state index < -0.39 is 11.7 Å². The number of nitrogens with zero attached hydrogens (tertiary/aromatic N) is 2. The van der Waals surface area contributed by atoms with E-state index in [9.17, 15) is 18.0 Å². The van der Waals surface area contributed by atoms with Crippen LogP contribution < -0.4 is 0 Å². The molecule has 0 aliphatic heterocycles. The van der Waals surface area contributed by atoms with Crippen molar-refractivity contribution in [2.24, 2.45) is 0 Å². The zero-order valence-electron chi connectivity index (χ0n) is 17.5. The number of ether oxygens (including phenoxy) is 1. The van der Waals surface area contributed by atoms with Crippen molar-refractivity contribution in [1.82, 2.24) is 9.47 Å². The van der Waals surface area contributed by atoms with Crippen LogP contribution in [0.2, 0.25) is 0 Å². The van der Waals surface area contributed by atoms with Gasteiger partial charge in [-0.05, 0) is 48.9 Å². The molecule has 0 saturated carbocycles. The van der Waals surface area contributed by atoms with Crippen molar-refractivity contribution in [1.29, 1.82) is 0 Å². The summed E-state index contributed by atoms with van der Waals surface area (Å²) in [5, 5.41) is 0. The number of halogens is 3. The number of alkyl halides is 3. The van der Waals surface area contributed by atoms with Gasteiger partial charge in [0.05, 0.1) is 18.7 Å². The molecular formula is C24H25F3N2O2. The zero-order chi connectivity index (χ0) is 22.4. The van der Waals surface area contributed by atoms with Gasteiger partial charge in [-0.1, -0.05) is 29.8 Å². The first-order valence-electron chi connectivity index (χ1n) is 9.93. The molecule has 0 atom stereocenters. The van der Waals surface area contributed by atoms with Gasteiger partial charge in [0.15, 0.2) is 0 Å². The van der Waals surface area contributed by atoms with Gasteiger partial charge in [0, 0.05) is 37.7 Å². The Morgan fingerprint density at radius 1 is 1.06 bits per heavy atom. The Morgan fingerprint density at radius 2 is 1.81 bits per heavy atom. The molecule has 0 bridgehead atoms. The van der Waals surface area contributed by atoms with Crippen LogP contribution in [0.4, 0.5) is 13.2 Å². The quantitative estimate of drug-likeness (QED) is 0.495. The molecule has 0 radical (unpaired) electrons. The zero-order valence-corrected chi connectivity index (χ0v) is 17.5. The average molecular weight is 430 g/mol. The number of methoxy groups -OCH3 is 1. The van der Waals surface area contributed by atoms with E-state index in [1.165, 1.54) is 6.07 Å². The fourth-order valence-electron chi connectivity index (χ4n) is 3.32. The van der Waals surface area contributed by atoms with Crippen LogP contribution in [0.3, 0.4) is 0 Å². The first-order chi connectivity index (χ1) is 14.8. The third-order valence-corrected chi connectivity index (χ3v) is 5.03. The van der Waals surface area contributed by atoms with Gasteiger partial charge in [-0.2, -0.15) is 13.2 Å². The third-order valence-electron chi connectivity index (χ3n) is 5.03. The van der Waals surface area contributed by atoms with E-state index in [1.807, 2.05) is 35.8 Å². The molecule has 1 heterocycles. The molecule has 164 valence electrons. The van der Waals surface area contributed by atoms with Crippen LogP contribution in [-0.4, -0.2) is 35.6 Å². The van der Waals surface area contributed by atoms with E-state index in [-0.39, 0.29) is 12.5 Å². The molecule has 0 aliphatic rings. The monoisotopic (exact) mass is 430 g/mol. The van der Waals surface area contributed by atoms with Crippen molar-refractivity contribution in [2.75, 3.05) is 20.3 Å². The first kappa shape index (κ1) is 22.6. The molecule has 0 fully saturated rings. The van der Waals surface area contributed by atoms with Crippen molar-refractivity contribution in [3.63, 3.8) is 0 Å². The topological polar surface area (TPSA) is 34.5 Å². The second-order valence-electron chi connectivity index (χ2n) is 7.41. The van der Waals surface area contributed by atoms with Crippen molar-refractivity contribution >= 4 is 5.91 Å². The number of aryl methyl sites for hydroxylation is 1. The van der Waals surface area contributed by atoms with Crippen LogP contribution in [0.1, 0.15) is 32.7 Å². The maximum atomic E-state index is 13.0. The molecule has 0 spiro atoms. The predicted octanol–water partition coefficient (Wildman–Crippen LogP) is 5.15. The third kappa shape index (κ3) is 5.98. The van der Waals surface area contributed by atoms with Crippen LogP contribution in [0.15, 0.2) is 66.9 Å². The highest BCUT2D eigenvalue weighted by Gasteiger charge is 2.30. The minimum absolute atomic E-state index is 0.121. The van der Waals surface area contributed by atoms with Crippen LogP contribution in [-0.2, 0) is 24.0 Å². The Labute approximate surface area is 179 Å². The summed E-state index contributed by atoms with van der Waals surface area (Å²) in [4.78, 5) is 14.7. The van der Waals surface area contributed by atoms with E-state index >= 15 is 0 Å². The number of hydrogen-bond donors (Lipinski definition) is 0. The maximum absolute atomic E-state index is 13.0. The number of benzene rings is 2. The molecule has 0 saturated heterocycles. The molecule has 3 aromatic rings. The number of carbonyl (C=O) groups is 1. The van der Waals surface area contributed by atoms with Crippen molar-refractivity contribution in [3.05, 3.63) is 94.8 Å². The van der Waals surface area contributed by atoms with E-state index in [0.29, 0.717) is 30.8 Å². The molecule has 7 heteroatoms. The summed E-state index contributed by atoms with van der Waals surface area (Å²) in [5.41, 5.74) is 2.34. The van der Waals surface area contributed by atoms with Crippen molar-refractivity contribution < 1.29 is 22.7 Å². The lowest BCUT2D eigenvalue weighted by Gasteiger charge is -2.23. The van der Waals surface area contributed by atoms with Crippen LogP contribution in [0.25, 0.3) is 0 Å². The van der Waals surface area contributed by atoms with E-state index in [4.69, 9.17) is 4.74 Å². The number of rotatable bonds is 8. The predicted molar refractivity (Wildman–Crippen MR) is 113 cm³/mol. The van der Waals surface area contributed by atoms with Gasteiger partial charge in [0.25, 0.3) is 5.91 Å². The molecule has 0 aliphatic carbocycles. The molecule has 2 aromatic carbocycles. The van der Waals surface area contributed by atoms with Gasteiger partial charge in [-0.25, -0.2) is 0 Å². The van der Waals surface area contributed by atoms with Gasteiger partial charge in [-0.3, -0.25) is 4.79 Å². The Bertz CT molecular complexity index is 1010. The summed E-state index contributed by atoms with van der Waals surface area (Å²) in [5.74, 6) is -0.121.